The molecule has 3 aromatic rings. The van der Waals surface area contributed by atoms with Crippen molar-refractivity contribution in [1.29, 1.82) is 0 Å². The minimum absolute atomic E-state index is 0.000830. The van der Waals surface area contributed by atoms with E-state index in [4.69, 9.17) is 21.1 Å². The summed E-state index contributed by atoms with van der Waals surface area (Å²) in [5, 5.41) is 7.64. The van der Waals surface area contributed by atoms with Crippen LogP contribution in [-0.2, 0) is 13.2 Å². The third kappa shape index (κ3) is 3.12. The summed E-state index contributed by atoms with van der Waals surface area (Å²) in [7, 11) is 0. The van der Waals surface area contributed by atoms with Gasteiger partial charge in [0, 0.05) is 30.4 Å². The number of halogens is 2. The predicted molar refractivity (Wildman–Crippen MR) is 90.5 cm³/mol. The summed E-state index contributed by atoms with van der Waals surface area (Å²) in [6, 6.07) is 4.63. The van der Waals surface area contributed by atoms with Crippen LogP contribution in [0, 0.1) is 5.82 Å². The lowest BCUT2D eigenvalue weighted by Gasteiger charge is -2.17. The van der Waals surface area contributed by atoms with Crippen molar-refractivity contribution in [3.63, 3.8) is 0 Å². The Morgan fingerprint density at radius 1 is 1.32 bits per heavy atom. The van der Waals surface area contributed by atoms with Crippen LogP contribution in [-0.4, -0.2) is 27.2 Å². The summed E-state index contributed by atoms with van der Waals surface area (Å²) in [6.07, 6.45) is 3.54. The van der Waals surface area contributed by atoms with Crippen LogP contribution in [0.3, 0.4) is 0 Å². The maximum atomic E-state index is 13.8. The van der Waals surface area contributed by atoms with Gasteiger partial charge < -0.3 is 14.8 Å². The molecule has 0 amide bonds. The van der Waals surface area contributed by atoms with E-state index in [1.807, 2.05) is 6.92 Å². The van der Waals surface area contributed by atoms with Gasteiger partial charge in [-0.25, -0.2) is 8.91 Å². The number of rotatable bonds is 0. The molecule has 1 aromatic carbocycles. The first-order valence-electron chi connectivity index (χ1n) is 7.91. The van der Waals surface area contributed by atoms with Crippen LogP contribution in [0.2, 0.25) is 5.02 Å². The Morgan fingerprint density at radius 2 is 2.20 bits per heavy atom. The molecule has 4 rings (SSSR count). The lowest BCUT2D eigenvalue weighted by atomic mass is 10.2. The molecular weight excluding hydrogens is 347 g/mol. The first-order valence-corrected chi connectivity index (χ1v) is 8.29. The number of fused-ring (bicyclic) bond motifs is 2. The van der Waals surface area contributed by atoms with E-state index in [-0.39, 0.29) is 17.7 Å². The second kappa shape index (κ2) is 6.50. The van der Waals surface area contributed by atoms with Gasteiger partial charge in [0.2, 0.25) is 5.88 Å². The van der Waals surface area contributed by atoms with E-state index in [9.17, 15) is 4.39 Å². The first-order chi connectivity index (χ1) is 12.1. The largest absolute Gasteiger partial charge is 0.491 e. The summed E-state index contributed by atoms with van der Waals surface area (Å²) in [4.78, 5) is 4.49. The summed E-state index contributed by atoms with van der Waals surface area (Å²) in [5.74, 6) is 0.404. The number of nitrogens with zero attached hydrogens (tertiary/aromatic N) is 3. The van der Waals surface area contributed by atoms with Gasteiger partial charge in [0.15, 0.2) is 5.65 Å². The summed E-state index contributed by atoms with van der Waals surface area (Å²) in [5.41, 5.74) is 2.13. The fraction of sp³-hybridized carbons (Fsp3) is 0.294. The zero-order chi connectivity index (χ0) is 17.4. The van der Waals surface area contributed by atoms with Crippen molar-refractivity contribution in [2.75, 3.05) is 6.61 Å². The second-order valence-electron chi connectivity index (χ2n) is 5.92. The van der Waals surface area contributed by atoms with Gasteiger partial charge in [-0.3, -0.25) is 0 Å². The van der Waals surface area contributed by atoms with Crippen LogP contribution >= 0.6 is 11.6 Å². The first kappa shape index (κ1) is 16.1. The number of benzene rings is 1. The molecule has 0 aliphatic carbocycles. The number of hydrogen-bond donors (Lipinski definition) is 1. The van der Waals surface area contributed by atoms with Gasteiger partial charge in [0.1, 0.15) is 24.8 Å². The van der Waals surface area contributed by atoms with Crippen LogP contribution in [0.4, 0.5) is 4.39 Å². The number of nitrogens with one attached hydrogen (secondary N) is 1. The average molecular weight is 363 g/mol. The number of aromatic nitrogens is 3. The molecule has 0 radical (unpaired) electrons. The molecule has 8 heteroatoms. The zero-order valence-corrected chi connectivity index (χ0v) is 14.3. The molecule has 2 aromatic heterocycles. The van der Waals surface area contributed by atoms with Crippen LogP contribution in [0.1, 0.15) is 18.1 Å². The molecule has 2 bridgehead atoms. The third-order valence-electron chi connectivity index (χ3n) is 4.06. The fourth-order valence-corrected chi connectivity index (χ4v) is 2.86. The molecule has 1 aliphatic heterocycles. The van der Waals surface area contributed by atoms with Gasteiger partial charge in [-0.05, 0) is 19.1 Å². The quantitative estimate of drug-likeness (QED) is 0.666. The molecule has 1 aliphatic rings. The minimum atomic E-state index is -0.510. The Kier molecular flexibility index (Phi) is 4.19. The van der Waals surface area contributed by atoms with Crippen molar-refractivity contribution in [2.45, 2.75) is 26.1 Å². The third-order valence-corrected chi connectivity index (χ3v) is 4.47. The lowest BCUT2D eigenvalue weighted by Crippen LogP contribution is -2.31. The van der Waals surface area contributed by atoms with Crippen LogP contribution < -0.4 is 14.8 Å². The molecule has 6 nitrogen and oxygen atoms in total. The highest BCUT2D eigenvalue weighted by atomic mass is 35.5. The predicted octanol–water partition coefficient (Wildman–Crippen LogP) is 2.97. The average Bonchev–Trinajstić information content (AvgIpc) is 3.02. The van der Waals surface area contributed by atoms with E-state index in [1.165, 1.54) is 6.07 Å². The normalized spacial score (nSPS) is 17.8. The minimum Gasteiger partial charge on any atom is -0.491 e. The van der Waals surface area contributed by atoms with Crippen LogP contribution in [0.5, 0.6) is 11.6 Å². The summed E-state index contributed by atoms with van der Waals surface area (Å²) < 4.78 is 27.1. The molecule has 25 heavy (non-hydrogen) atoms. The second-order valence-corrected chi connectivity index (χ2v) is 6.30. The molecule has 1 atom stereocenters. The molecule has 1 N–H and O–H groups in total. The zero-order valence-electron chi connectivity index (χ0n) is 13.5. The van der Waals surface area contributed by atoms with E-state index in [0.29, 0.717) is 36.0 Å². The Hall–Kier alpha value is -2.38. The molecule has 0 fully saturated rings. The maximum absolute atomic E-state index is 13.8. The van der Waals surface area contributed by atoms with Gasteiger partial charge in [0.05, 0.1) is 16.8 Å². The van der Waals surface area contributed by atoms with Crippen molar-refractivity contribution >= 4 is 17.2 Å². The molecule has 1 unspecified atom stereocenters. The van der Waals surface area contributed by atoms with Gasteiger partial charge >= 0.3 is 0 Å². The molecule has 0 saturated heterocycles. The Balaban J connectivity index is 1.76. The summed E-state index contributed by atoms with van der Waals surface area (Å²) >= 11 is 6.12. The highest BCUT2D eigenvalue weighted by Gasteiger charge is 2.17. The molecule has 0 spiro atoms. The number of ether oxygens (including phenoxy) is 2. The van der Waals surface area contributed by atoms with Gasteiger partial charge in [-0.15, -0.1) is 0 Å². The standard InChI is InChI=1S/C17H16ClFN4O2/c1-10-8-24-14-3-2-13(19)16(18)12(14)9-25-15-4-5-23-17(22-15)11(6-20-10)7-21-23/h2-5,7,10,20H,6,8-9H2,1H3. The van der Waals surface area contributed by atoms with Crippen LogP contribution in [0.15, 0.2) is 30.6 Å². The molecular formula is C17H16ClFN4O2. The fourth-order valence-electron chi connectivity index (χ4n) is 2.65. The van der Waals surface area contributed by atoms with Gasteiger partial charge in [-0.2, -0.15) is 10.1 Å². The molecule has 3 heterocycles. The monoisotopic (exact) mass is 362 g/mol. The van der Waals surface area contributed by atoms with Crippen molar-refractivity contribution in [3.8, 4) is 11.6 Å². The van der Waals surface area contributed by atoms with Crippen molar-refractivity contribution in [1.82, 2.24) is 19.9 Å². The SMILES string of the molecule is CC1COc2ccc(F)c(Cl)c2COc2ccn3ncc(c3n2)CN1. The molecule has 130 valence electrons. The van der Waals surface area contributed by atoms with E-state index in [2.05, 4.69) is 15.4 Å². The maximum Gasteiger partial charge on any atom is 0.217 e. The van der Waals surface area contributed by atoms with E-state index in [1.54, 1.807) is 29.0 Å². The highest BCUT2D eigenvalue weighted by molar-refractivity contribution is 6.31. The van der Waals surface area contributed by atoms with E-state index in [0.717, 1.165) is 5.56 Å². The van der Waals surface area contributed by atoms with Crippen molar-refractivity contribution < 1.29 is 13.9 Å². The lowest BCUT2D eigenvalue weighted by molar-refractivity contribution is 0.253. The van der Waals surface area contributed by atoms with E-state index >= 15 is 0 Å². The Morgan fingerprint density at radius 3 is 3.08 bits per heavy atom. The molecule has 0 saturated carbocycles. The number of hydrogen-bond acceptors (Lipinski definition) is 5. The highest BCUT2D eigenvalue weighted by Crippen LogP contribution is 2.30. The summed E-state index contributed by atoms with van der Waals surface area (Å²) in [6.45, 7) is 3.07. The Labute approximate surface area is 148 Å². The van der Waals surface area contributed by atoms with Gasteiger partial charge in [-0.1, -0.05) is 11.6 Å². The topological polar surface area (TPSA) is 60.7 Å². The van der Waals surface area contributed by atoms with Crippen molar-refractivity contribution in [2.24, 2.45) is 0 Å². The van der Waals surface area contributed by atoms with Gasteiger partial charge in [0.25, 0.3) is 0 Å². The van der Waals surface area contributed by atoms with Crippen LogP contribution in [0.25, 0.3) is 5.65 Å². The van der Waals surface area contributed by atoms with Crippen molar-refractivity contribution in [3.05, 3.63) is 52.6 Å². The Bertz CT molecular complexity index is 930. The smallest absolute Gasteiger partial charge is 0.217 e. The van der Waals surface area contributed by atoms with E-state index < -0.39 is 5.82 Å².